The molecule has 2 rings (SSSR count). The lowest BCUT2D eigenvalue weighted by atomic mass is 10.1. The van der Waals surface area contributed by atoms with E-state index in [-0.39, 0.29) is 0 Å². The van der Waals surface area contributed by atoms with Crippen LogP contribution < -0.4 is 5.32 Å². The van der Waals surface area contributed by atoms with Crippen LogP contribution in [0.15, 0.2) is 22.7 Å². The van der Waals surface area contributed by atoms with Crippen molar-refractivity contribution in [2.45, 2.75) is 51.6 Å². The standard InChI is InChI=1S/C14H20BrN/c1-3-5-10(2)16-14-9-8-11-12(14)6-4-7-13(11)15/h4,6-7,10,14,16H,3,5,8-9H2,1-2H3. The molecule has 1 aromatic carbocycles. The first-order valence-electron chi connectivity index (χ1n) is 6.25. The summed E-state index contributed by atoms with van der Waals surface area (Å²) < 4.78 is 1.28. The summed E-state index contributed by atoms with van der Waals surface area (Å²) in [5, 5.41) is 3.74. The van der Waals surface area contributed by atoms with Crippen molar-refractivity contribution < 1.29 is 0 Å². The summed E-state index contributed by atoms with van der Waals surface area (Å²) in [5.74, 6) is 0. The molecule has 0 fully saturated rings. The molecule has 1 N–H and O–H groups in total. The average Bonchev–Trinajstić information content (AvgIpc) is 2.64. The van der Waals surface area contributed by atoms with Gasteiger partial charge >= 0.3 is 0 Å². The van der Waals surface area contributed by atoms with Gasteiger partial charge < -0.3 is 5.32 Å². The second kappa shape index (κ2) is 5.33. The Kier molecular flexibility index (Phi) is 4.04. The highest BCUT2D eigenvalue weighted by molar-refractivity contribution is 9.10. The maximum Gasteiger partial charge on any atom is 0.0328 e. The molecule has 2 heteroatoms. The van der Waals surface area contributed by atoms with Gasteiger partial charge in [0, 0.05) is 16.6 Å². The van der Waals surface area contributed by atoms with Gasteiger partial charge in [-0.15, -0.1) is 0 Å². The average molecular weight is 282 g/mol. The van der Waals surface area contributed by atoms with E-state index in [0.717, 1.165) is 0 Å². The number of hydrogen-bond acceptors (Lipinski definition) is 1. The molecule has 2 atom stereocenters. The quantitative estimate of drug-likeness (QED) is 0.872. The van der Waals surface area contributed by atoms with Crippen LogP contribution in [0.25, 0.3) is 0 Å². The van der Waals surface area contributed by atoms with Crippen LogP contribution in [0.2, 0.25) is 0 Å². The molecule has 0 aliphatic heterocycles. The van der Waals surface area contributed by atoms with Crippen LogP contribution in [0.1, 0.15) is 50.3 Å². The lowest BCUT2D eigenvalue weighted by Gasteiger charge is -2.20. The topological polar surface area (TPSA) is 12.0 Å². The zero-order valence-corrected chi connectivity index (χ0v) is 11.7. The fourth-order valence-corrected chi connectivity index (χ4v) is 3.22. The van der Waals surface area contributed by atoms with Gasteiger partial charge in [0.15, 0.2) is 0 Å². The Labute approximate surface area is 107 Å². The van der Waals surface area contributed by atoms with Crippen LogP contribution in [0.3, 0.4) is 0 Å². The van der Waals surface area contributed by atoms with Crippen LogP contribution in [-0.4, -0.2) is 6.04 Å². The predicted octanol–water partition coefficient (Wildman–Crippen LogP) is 4.21. The Bertz CT molecular complexity index is 362. The van der Waals surface area contributed by atoms with E-state index in [0.29, 0.717) is 12.1 Å². The Morgan fingerprint density at radius 2 is 2.31 bits per heavy atom. The van der Waals surface area contributed by atoms with Gasteiger partial charge in [-0.2, -0.15) is 0 Å². The Hall–Kier alpha value is -0.340. The molecule has 88 valence electrons. The third kappa shape index (κ3) is 2.49. The second-order valence-electron chi connectivity index (χ2n) is 4.76. The maximum absolute atomic E-state index is 3.74. The summed E-state index contributed by atoms with van der Waals surface area (Å²) in [4.78, 5) is 0. The molecule has 1 aliphatic rings. The molecule has 0 saturated carbocycles. The maximum atomic E-state index is 3.74. The van der Waals surface area contributed by atoms with Crippen LogP contribution >= 0.6 is 15.9 Å². The fraction of sp³-hybridized carbons (Fsp3) is 0.571. The van der Waals surface area contributed by atoms with Gasteiger partial charge in [-0.25, -0.2) is 0 Å². The fourth-order valence-electron chi connectivity index (χ4n) is 2.64. The molecule has 0 saturated heterocycles. The van der Waals surface area contributed by atoms with E-state index in [4.69, 9.17) is 0 Å². The first kappa shape index (κ1) is 12.1. The second-order valence-corrected chi connectivity index (χ2v) is 5.61. The molecule has 0 heterocycles. The van der Waals surface area contributed by atoms with Crippen LogP contribution in [0, 0.1) is 0 Å². The molecule has 0 amide bonds. The van der Waals surface area contributed by atoms with Crippen molar-refractivity contribution in [3.05, 3.63) is 33.8 Å². The van der Waals surface area contributed by atoms with Gasteiger partial charge in [0.05, 0.1) is 0 Å². The largest absolute Gasteiger partial charge is 0.307 e. The molecular weight excluding hydrogens is 262 g/mol. The number of benzene rings is 1. The molecule has 0 spiro atoms. The molecule has 2 unspecified atom stereocenters. The van der Waals surface area contributed by atoms with E-state index in [1.54, 1.807) is 0 Å². The van der Waals surface area contributed by atoms with Crippen LogP contribution in [0.5, 0.6) is 0 Å². The lowest BCUT2D eigenvalue weighted by Crippen LogP contribution is -2.29. The highest BCUT2D eigenvalue weighted by Gasteiger charge is 2.24. The SMILES string of the molecule is CCCC(C)NC1CCc2c(Br)cccc21. The number of fused-ring (bicyclic) bond motifs is 1. The number of nitrogens with one attached hydrogen (secondary N) is 1. The predicted molar refractivity (Wildman–Crippen MR) is 72.7 cm³/mol. The highest BCUT2D eigenvalue weighted by atomic mass is 79.9. The van der Waals surface area contributed by atoms with Crippen molar-refractivity contribution in [1.29, 1.82) is 0 Å². The first-order chi connectivity index (χ1) is 7.72. The third-order valence-corrected chi connectivity index (χ3v) is 4.16. The Balaban J connectivity index is 2.09. The summed E-state index contributed by atoms with van der Waals surface area (Å²) >= 11 is 3.64. The Morgan fingerprint density at radius 3 is 3.06 bits per heavy atom. The molecule has 1 nitrogen and oxygen atoms in total. The summed E-state index contributed by atoms with van der Waals surface area (Å²) in [6.07, 6.45) is 4.96. The molecular formula is C14H20BrN. The van der Waals surface area contributed by atoms with E-state index in [1.165, 1.54) is 41.3 Å². The van der Waals surface area contributed by atoms with Gasteiger partial charge in [0.25, 0.3) is 0 Å². The minimum atomic E-state index is 0.564. The lowest BCUT2D eigenvalue weighted by molar-refractivity contribution is 0.431. The van der Waals surface area contributed by atoms with Gasteiger partial charge in [-0.3, -0.25) is 0 Å². The summed E-state index contributed by atoms with van der Waals surface area (Å²) in [6, 6.07) is 7.75. The molecule has 1 aliphatic carbocycles. The summed E-state index contributed by atoms with van der Waals surface area (Å²) in [5.41, 5.74) is 3.00. The molecule has 0 aromatic heterocycles. The van der Waals surface area contributed by atoms with Crippen molar-refractivity contribution in [3.63, 3.8) is 0 Å². The molecule has 0 radical (unpaired) electrons. The van der Waals surface area contributed by atoms with Crippen molar-refractivity contribution in [3.8, 4) is 0 Å². The normalized spacial score (nSPS) is 20.8. The van der Waals surface area contributed by atoms with Gasteiger partial charge in [0.1, 0.15) is 0 Å². The molecule has 0 bridgehead atoms. The summed E-state index contributed by atoms with van der Waals surface area (Å²) in [6.45, 7) is 4.54. The minimum absolute atomic E-state index is 0.564. The van der Waals surface area contributed by atoms with Crippen LogP contribution in [0.4, 0.5) is 0 Å². The van der Waals surface area contributed by atoms with Crippen LogP contribution in [-0.2, 0) is 6.42 Å². The molecule has 16 heavy (non-hydrogen) atoms. The molecule has 1 aromatic rings. The van der Waals surface area contributed by atoms with E-state index in [9.17, 15) is 0 Å². The van der Waals surface area contributed by atoms with Gasteiger partial charge in [-0.1, -0.05) is 41.4 Å². The number of rotatable bonds is 4. The van der Waals surface area contributed by atoms with Gasteiger partial charge in [0.2, 0.25) is 0 Å². The number of hydrogen-bond donors (Lipinski definition) is 1. The third-order valence-electron chi connectivity index (χ3n) is 3.42. The van der Waals surface area contributed by atoms with E-state index in [1.807, 2.05) is 0 Å². The minimum Gasteiger partial charge on any atom is -0.307 e. The van der Waals surface area contributed by atoms with E-state index in [2.05, 4.69) is 53.3 Å². The van der Waals surface area contributed by atoms with E-state index < -0.39 is 0 Å². The first-order valence-corrected chi connectivity index (χ1v) is 7.05. The Morgan fingerprint density at radius 1 is 1.50 bits per heavy atom. The number of halogens is 1. The zero-order valence-electron chi connectivity index (χ0n) is 10.1. The van der Waals surface area contributed by atoms with Crippen molar-refractivity contribution in [1.82, 2.24) is 5.32 Å². The monoisotopic (exact) mass is 281 g/mol. The highest BCUT2D eigenvalue weighted by Crippen LogP contribution is 2.35. The van der Waals surface area contributed by atoms with Crippen molar-refractivity contribution in [2.75, 3.05) is 0 Å². The zero-order chi connectivity index (χ0) is 11.5. The van der Waals surface area contributed by atoms with Gasteiger partial charge in [-0.05, 0) is 43.4 Å². The van der Waals surface area contributed by atoms with E-state index >= 15 is 0 Å². The van der Waals surface area contributed by atoms with Crippen molar-refractivity contribution >= 4 is 15.9 Å². The smallest absolute Gasteiger partial charge is 0.0328 e. The summed E-state index contributed by atoms with van der Waals surface area (Å²) in [7, 11) is 0. The van der Waals surface area contributed by atoms with Crippen molar-refractivity contribution in [2.24, 2.45) is 0 Å².